The topological polar surface area (TPSA) is 70.1 Å². The second-order valence-corrected chi connectivity index (χ2v) is 3.84. The van der Waals surface area contributed by atoms with Crippen LogP contribution in [0, 0.1) is 12.3 Å². The molecule has 92 valence electrons. The van der Waals surface area contributed by atoms with Crippen LogP contribution in [0.3, 0.4) is 0 Å². The van der Waals surface area contributed by atoms with Gasteiger partial charge in [0.2, 0.25) is 0 Å². The zero-order chi connectivity index (χ0) is 12.8. The Balaban J connectivity index is 2.92. The smallest absolute Gasteiger partial charge is 0.199 e. The summed E-state index contributed by atoms with van der Waals surface area (Å²) in [5.41, 5.74) is 5.95. The highest BCUT2D eigenvalue weighted by Crippen LogP contribution is 2.17. The number of aromatic nitrogens is 2. The summed E-state index contributed by atoms with van der Waals surface area (Å²) in [6.07, 6.45) is 6.70. The number of ketones is 1. The van der Waals surface area contributed by atoms with Gasteiger partial charge in [0.15, 0.2) is 5.78 Å². The van der Waals surface area contributed by atoms with Crippen LogP contribution >= 0.6 is 11.6 Å². The molecule has 0 radical (unpaired) electrons. The first-order valence-electron chi connectivity index (χ1n) is 5.05. The minimum atomic E-state index is -0.754. The number of Topliss-reactive ketones (excluding diaryl/α,β-unsaturated/α-hetero) is 1. The SMILES string of the molecule is C#CCC(N)C(=O)c1c(Cl)cnn1CCOC. The Morgan fingerprint density at radius 2 is 2.53 bits per heavy atom. The van der Waals surface area contributed by atoms with Gasteiger partial charge in [-0.05, 0) is 0 Å². The molecular formula is C11H14ClN3O2. The Kier molecular flexibility index (Phi) is 5.16. The van der Waals surface area contributed by atoms with Crippen molar-refractivity contribution in [3.05, 3.63) is 16.9 Å². The monoisotopic (exact) mass is 255 g/mol. The van der Waals surface area contributed by atoms with Crippen molar-refractivity contribution in [3.63, 3.8) is 0 Å². The summed E-state index contributed by atoms with van der Waals surface area (Å²) >= 11 is 5.91. The average Bonchev–Trinajstić information content (AvgIpc) is 2.67. The highest BCUT2D eigenvalue weighted by Gasteiger charge is 2.22. The maximum Gasteiger partial charge on any atom is 0.199 e. The van der Waals surface area contributed by atoms with Crippen LogP contribution in [0.15, 0.2) is 6.20 Å². The zero-order valence-corrected chi connectivity index (χ0v) is 10.3. The average molecular weight is 256 g/mol. The highest BCUT2D eigenvalue weighted by atomic mass is 35.5. The molecular weight excluding hydrogens is 242 g/mol. The number of nitrogens with two attached hydrogens (primary N) is 1. The van der Waals surface area contributed by atoms with E-state index in [1.165, 1.54) is 10.9 Å². The van der Waals surface area contributed by atoms with E-state index in [4.69, 9.17) is 28.5 Å². The van der Waals surface area contributed by atoms with Gasteiger partial charge in [0.1, 0.15) is 5.69 Å². The first-order valence-corrected chi connectivity index (χ1v) is 5.43. The standard InChI is InChI=1S/C11H14ClN3O2/c1-3-4-9(13)11(16)10-8(12)7-14-15(10)5-6-17-2/h1,7,9H,4-6,13H2,2H3. The Morgan fingerprint density at radius 1 is 1.82 bits per heavy atom. The second kappa shape index (κ2) is 6.40. The fraction of sp³-hybridized carbons (Fsp3) is 0.455. The van der Waals surface area contributed by atoms with Gasteiger partial charge in [0, 0.05) is 13.5 Å². The summed E-state index contributed by atoms with van der Waals surface area (Å²) in [6, 6.07) is -0.754. The molecule has 1 rings (SSSR count). The molecule has 1 aromatic heterocycles. The molecule has 1 heterocycles. The van der Waals surface area contributed by atoms with Crippen molar-refractivity contribution in [3.8, 4) is 12.3 Å². The summed E-state index contributed by atoms with van der Waals surface area (Å²) in [5, 5.41) is 4.27. The van der Waals surface area contributed by atoms with E-state index in [-0.39, 0.29) is 22.9 Å². The first kappa shape index (κ1) is 13.7. The maximum atomic E-state index is 12.0. The molecule has 0 aliphatic rings. The minimum absolute atomic E-state index is 0.171. The number of carbonyl (C=O) groups excluding carboxylic acids is 1. The maximum absolute atomic E-state index is 12.0. The Bertz CT molecular complexity index is 436. The lowest BCUT2D eigenvalue weighted by molar-refractivity contribution is 0.0949. The zero-order valence-electron chi connectivity index (χ0n) is 9.52. The molecule has 1 unspecified atom stereocenters. The molecule has 0 bridgehead atoms. The first-order chi connectivity index (χ1) is 8.11. The third-order valence-electron chi connectivity index (χ3n) is 2.21. The van der Waals surface area contributed by atoms with E-state index in [0.717, 1.165) is 0 Å². The number of hydrogen-bond acceptors (Lipinski definition) is 4. The molecule has 2 N–H and O–H groups in total. The van der Waals surface area contributed by atoms with E-state index < -0.39 is 6.04 Å². The van der Waals surface area contributed by atoms with Crippen LogP contribution in [0.5, 0.6) is 0 Å². The summed E-state index contributed by atoms with van der Waals surface area (Å²) in [5.74, 6) is 2.05. The van der Waals surface area contributed by atoms with Crippen molar-refractivity contribution in [1.82, 2.24) is 9.78 Å². The number of carbonyl (C=O) groups is 1. The summed E-state index contributed by atoms with van der Waals surface area (Å²) in [4.78, 5) is 12.0. The molecule has 1 aromatic rings. The number of hydrogen-bond donors (Lipinski definition) is 1. The Hall–Kier alpha value is -1.35. The van der Waals surface area contributed by atoms with Crippen LogP contribution < -0.4 is 5.73 Å². The van der Waals surface area contributed by atoms with Crippen LogP contribution in [0.2, 0.25) is 5.02 Å². The van der Waals surface area contributed by atoms with Crippen molar-refractivity contribution in [2.24, 2.45) is 5.73 Å². The molecule has 0 aliphatic heterocycles. The van der Waals surface area contributed by atoms with Gasteiger partial charge in [-0.25, -0.2) is 0 Å². The van der Waals surface area contributed by atoms with Crippen LogP contribution in [0.4, 0.5) is 0 Å². The van der Waals surface area contributed by atoms with E-state index >= 15 is 0 Å². The third kappa shape index (κ3) is 3.30. The van der Waals surface area contributed by atoms with E-state index in [9.17, 15) is 4.79 Å². The number of nitrogens with zero attached hydrogens (tertiary/aromatic N) is 2. The summed E-state index contributed by atoms with van der Waals surface area (Å²) in [7, 11) is 1.57. The van der Waals surface area contributed by atoms with Crippen molar-refractivity contribution in [2.75, 3.05) is 13.7 Å². The second-order valence-electron chi connectivity index (χ2n) is 3.44. The van der Waals surface area contributed by atoms with Gasteiger partial charge in [0.05, 0.1) is 30.4 Å². The van der Waals surface area contributed by atoms with Crippen molar-refractivity contribution < 1.29 is 9.53 Å². The molecule has 1 atom stereocenters. The summed E-state index contributed by atoms with van der Waals surface area (Å²) in [6.45, 7) is 0.871. The van der Waals surface area contributed by atoms with Gasteiger partial charge >= 0.3 is 0 Å². The molecule has 0 fully saturated rings. The third-order valence-corrected chi connectivity index (χ3v) is 2.49. The molecule has 0 saturated heterocycles. The fourth-order valence-corrected chi connectivity index (χ4v) is 1.58. The van der Waals surface area contributed by atoms with Crippen molar-refractivity contribution in [1.29, 1.82) is 0 Å². The van der Waals surface area contributed by atoms with Crippen LogP contribution in [-0.2, 0) is 11.3 Å². The molecule has 17 heavy (non-hydrogen) atoms. The Labute approximate surface area is 105 Å². The van der Waals surface area contributed by atoms with Gasteiger partial charge in [-0.15, -0.1) is 12.3 Å². The Morgan fingerprint density at radius 3 is 3.12 bits per heavy atom. The molecule has 0 aromatic carbocycles. The molecule has 0 amide bonds. The van der Waals surface area contributed by atoms with E-state index in [1.807, 2.05) is 0 Å². The lowest BCUT2D eigenvalue weighted by Crippen LogP contribution is -2.32. The highest BCUT2D eigenvalue weighted by molar-refractivity contribution is 6.33. The molecule has 0 spiro atoms. The fourth-order valence-electron chi connectivity index (χ4n) is 1.35. The van der Waals surface area contributed by atoms with Crippen LogP contribution in [0.1, 0.15) is 16.9 Å². The van der Waals surface area contributed by atoms with Crippen molar-refractivity contribution >= 4 is 17.4 Å². The molecule has 5 nitrogen and oxygen atoms in total. The quantitative estimate of drug-likeness (QED) is 0.601. The van der Waals surface area contributed by atoms with Gasteiger partial charge in [-0.3, -0.25) is 9.48 Å². The van der Waals surface area contributed by atoms with E-state index in [1.54, 1.807) is 7.11 Å². The van der Waals surface area contributed by atoms with Gasteiger partial charge in [0.25, 0.3) is 0 Å². The number of ether oxygens (including phenoxy) is 1. The number of methoxy groups -OCH3 is 1. The predicted molar refractivity (Wildman–Crippen MR) is 64.9 cm³/mol. The number of halogens is 1. The predicted octanol–water partition coefficient (Wildman–Crippen LogP) is 0.716. The van der Waals surface area contributed by atoms with Gasteiger partial charge in [-0.2, -0.15) is 5.10 Å². The number of terminal acetylenes is 1. The van der Waals surface area contributed by atoms with Crippen LogP contribution in [-0.4, -0.2) is 35.3 Å². The van der Waals surface area contributed by atoms with Gasteiger partial charge < -0.3 is 10.5 Å². The lowest BCUT2D eigenvalue weighted by Gasteiger charge is -2.10. The normalized spacial score (nSPS) is 12.1. The minimum Gasteiger partial charge on any atom is -0.383 e. The van der Waals surface area contributed by atoms with Gasteiger partial charge in [-0.1, -0.05) is 11.6 Å². The molecule has 6 heteroatoms. The summed E-state index contributed by atoms with van der Waals surface area (Å²) < 4.78 is 6.40. The number of rotatable bonds is 6. The van der Waals surface area contributed by atoms with Crippen molar-refractivity contribution in [2.45, 2.75) is 19.0 Å². The van der Waals surface area contributed by atoms with Crippen LogP contribution in [0.25, 0.3) is 0 Å². The largest absolute Gasteiger partial charge is 0.383 e. The lowest BCUT2D eigenvalue weighted by atomic mass is 10.1. The van der Waals surface area contributed by atoms with E-state index in [2.05, 4.69) is 11.0 Å². The molecule has 0 saturated carbocycles. The van der Waals surface area contributed by atoms with E-state index in [0.29, 0.717) is 13.2 Å². The molecule has 0 aliphatic carbocycles.